The zero-order chi connectivity index (χ0) is 43.3. The van der Waals surface area contributed by atoms with Gasteiger partial charge in [0.05, 0.1) is 27.4 Å². The second-order valence-electron chi connectivity index (χ2n) is 14.6. The molecule has 0 saturated carbocycles. The molecule has 0 spiro atoms. The minimum Gasteiger partial charge on any atom is -0.493 e. The molecule has 0 aliphatic carbocycles. The molecule has 4 aromatic carbocycles. The summed E-state index contributed by atoms with van der Waals surface area (Å²) in [4.78, 5) is 31.8. The lowest BCUT2D eigenvalue weighted by atomic mass is 10.1. The molecule has 0 aliphatic heterocycles. The SMILES string of the molecule is CCCN(CCC)C(Cc1ccc(OC)c(OCCc2cccc(Cl)c2)c1)OC(=O)C(=O)OC(Cc1ccc(OC)c(OCCc2cccc(Cl)c2)c1)N(CCC)CCC. The highest BCUT2D eigenvalue weighted by Crippen LogP contribution is 2.31. The Kier molecular flexibility index (Phi) is 20.9. The molecule has 326 valence electrons. The van der Waals surface area contributed by atoms with Gasteiger partial charge in [-0.1, -0.05) is 87.3 Å². The summed E-state index contributed by atoms with van der Waals surface area (Å²) in [6.07, 6.45) is 3.82. The largest absolute Gasteiger partial charge is 0.493 e. The molecule has 0 radical (unpaired) electrons. The van der Waals surface area contributed by atoms with Crippen LogP contribution in [0.3, 0.4) is 0 Å². The van der Waals surface area contributed by atoms with Gasteiger partial charge in [0.2, 0.25) is 0 Å². The van der Waals surface area contributed by atoms with Crippen molar-refractivity contribution in [2.75, 3.05) is 53.6 Å². The van der Waals surface area contributed by atoms with Crippen molar-refractivity contribution >= 4 is 35.1 Å². The number of halogens is 2. The molecule has 0 amide bonds. The van der Waals surface area contributed by atoms with Crippen LogP contribution >= 0.6 is 23.2 Å². The first kappa shape index (κ1) is 48.2. The first-order valence-electron chi connectivity index (χ1n) is 21.1. The quantitative estimate of drug-likeness (QED) is 0.0345. The zero-order valence-corrected chi connectivity index (χ0v) is 37.6. The van der Waals surface area contributed by atoms with Crippen molar-refractivity contribution in [1.29, 1.82) is 0 Å². The van der Waals surface area contributed by atoms with Gasteiger partial charge in [-0.15, -0.1) is 0 Å². The Balaban J connectivity index is 1.52. The molecule has 2 unspecified atom stereocenters. The van der Waals surface area contributed by atoms with Gasteiger partial charge in [-0.25, -0.2) is 9.59 Å². The standard InChI is InChI=1S/C48H62Cl2N2O8/c1-7-23-51(24-8-2)45(33-37-17-19-41(55-5)43(31-37)57-27-21-35-13-11-15-39(49)29-35)59-47(53)48(54)60-46(52(25-9-3)26-10-4)34-38-18-20-42(56-6)44(32-38)58-28-22-36-14-12-16-40(50)30-36/h11-20,29-32,45-46H,7-10,21-28,33-34H2,1-6H3. The van der Waals surface area contributed by atoms with Crippen molar-refractivity contribution in [2.45, 2.75) is 91.5 Å². The predicted molar refractivity (Wildman–Crippen MR) is 239 cm³/mol. The maximum Gasteiger partial charge on any atom is 0.419 e. The fourth-order valence-electron chi connectivity index (χ4n) is 7.05. The van der Waals surface area contributed by atoms with E-state index in [0.717, 1.165) is 47.9 Å². The molecule has 0 saturated heterocycles. The monoisotopic (exact) mass is 864 g/mol. The Morgan fingerprint density at radius 3 is 1.23 bits per heavy atom. The third-order valence-corrected chi connectivity index (χ3v) is 10.3. The van der Waals surface area contributed by atoms with E-state index in [1.54, 1.807) is 14.2 Å². The number of nitrogens with zero attached hydrogens (tertiary/aromatic N) is 2. The third-order valence-electron chi connectivity index (χ3n) is 9.86. The number of methoxy groups -OCH3 is 2. The number of esters is 2. The number of hydrogen-bond acceptors (Lipinski definition) is 10. The van der Waals surface area contributed by atoms with Crippen LogP contribution in [0.5, 0.6) is 23.0 Å². The highest BCUT2D eigenvalue weighted by atomic mass is 35.5. The van der Waals surface area contributed by atoms with Crippen LogP contribution in [0, 0.1) is 0 Å². The molecule has 0 fully saturated rings. The van der Waals surface area contributed by atoms with E-state index in [-0.39, 0.29) is 0 Å². The molecule has 4 aromatic rings. The van der Waals surface area contributed by atoms with Gasteiger partial charge in [-0.2, -0.15) is 0 Å². The van der Waals surface area contributed by atoms with Crippen molar-refractivity contribution in [3.63, 3.8) is 0 Å². The molecule has 4 rings (SSSR count). The highest BCUT2D eigenvalue weighted by molar-refractivity contribution is 6.31. The maximum absolute atomic E-state index is 13.8. The normalized spacial score (nSPS) is 12.2. The summed E-state index contributed by atoms with van der Waals surface area (Å²) in [6.45, 7) is 11.8. The van der Waals surface area contributed by atoms with Crippen LogP contribution in [-0.4, -0.2) is 87.8 Å². The van der Waals surface area contributed by atoms with Gasteiger partial charge in [-0.05, 0) is 96.5 Å². The van der Waals surface area contributed by atoms with Crippen LogP contribution in [0.2, 0.25) is 10.0 Å². The molecule has 0 bridgehead atoms. The van der Waals surface area contributed by atoms with Crippen LogP contribution in [0.1, 0.15) is 75.6 Å². The number of carbonyl (C=O) groups is 2. The third kappa shape index (κ3) is 15.5. The fourth-order valence-corrected chi connectivity index (χ4v) is 7.48. The first-order chi connectivity index (χ1) is 29.1. The molecule has 0 heterocycles. The Labute approximate surface area is 366 Å². The van der Waals surface area contributed by atoms with Crippen molar-refractivity contribution < 1.29 is 38.0 Å². The second-order valence-corrected chi connectivity index (χ2v) is 15.5. The molecule has 60 heavy (non-hydrogen) atoms. The molecular weight excluding hydrogens is 803 g/mol. The van der Waals surface area contributed by atoms with E-state index in [1.807, 2.05) is 84.9 Å². The lowest BCUT2D eigenvalue weighted by Gasteiger charge is -2.32. The summed E-state index contributed by atoms with van der Waals surface area (Å²) in [6, 6.07) is 26.7. The number of carbonyl (C=O) groups excluding carboxylic acids is 2. The van der Waals surface area contributed by atoms with Crippen LogP contribution < -0.4 is 18.9 Å². The lowest BCUT2D eigenvalue weighted by molar-refractivity contribution is -0.185. The van der Waals surface area contributed by atoms with Crippen LogP contribution in [0.4, 0.5) is 0 Å². The predicted octanol–water partition coefficient (Wildman–Crippen LogP) is 10.0. The van der Waals surface area contributed by atoms with Crippen molar-refractivity contribution in [1.82, 2.24) is 9.80 Å². The maximum atomic E-state index is 13.8. The topological polar surface area (TPSA) is 96.0 Å². The minimum atomic E-state index is -1.04. The molecule has 12 heteroatoms. The van der Waals surface area contributed by atoms with Gasteiger partial charge in [0, 0.05) is 61.9 Å². The summed E-state index contributed by atoms with van der Waals surface area (Å²) in [5.41, 5.74) is 3.84. The van der Waals surface area contributed by atoms with Crippen molar-refractivity contribution in [3.8, 4) is 23.0 Å². The molecule has 0 aromatic heterocycles. The zero-order valence-electron chi connectivity index (χ0n) is 36.1. The van der Waals surface area contributed by atoms with E-state index in [4.69, 9.17) is 51.6 Å². The number of hydrogen-bond donors (Lipinski definition) is 0. The molecule has 2 atom stereocenters. The Hall–Kier alpha value is -4.48. The first-order valence-corrected chi connectivity index (χ1v) is 21.8. The minimum absolute atomic E-state index is 0.320. The Morgan fingerprint density at radius 2 is 0.900 bits per heavy atom. The molecule has 0 N–H and O–H groups in total. The van der Waals surface area contributed by atoms with E-state index < -0.39 is 24.4 Å². The van der Waals surface area contributed by atoms with E-state index in [2.05, 4.69) is 37.5 Å². The summed E-state index contributed by atoms with van der Waals surface area (Å²) in [5, 5.41) is 1.35. The highest BCUT2D eigenvalue weighted by Gasteiger charge is 2.31. The number of ether oxygens (including phenoxy) is 6. The van der Waals surface area contributed by atoms with Crippen LogP contribution in [-0.2, 0) is 44.7 Å². The molecular formula is C48H62Cl2N2O8. The average Bonchev–Trinajstić information content (AvgIpc) is 3.23. The molecule has 0 aliphatic rings. The summed E-state index contributed by atoms with van der Waals surface area (Å²) in [7, 11) is 3.19. The Morgan fingerprint density at radius 1 is 0.517 bits per heavy atom. The number of benzene rings is 4. The van der Waals surface area contributed by atoms with E-state index in [9.17, 15) is 9.59 Å². The van der Waals surface area contributed by atoms with Crippen LogP contribution in [0.15, 0.2) is 84.9 Å². The van der Waals surface area contributed by atoms with Gasteiger partial charge in [0.25, 0.3) is 0 Å². The van der Waals surface area contributed by atoms with Crippen molar-refractivity contribution in [3.05, 3.63) is 117 Å². The van der Waals surface area contributed by atoms with Gasteiger partial charge < -0.3 is 28.4 Å². The van der Waals surface area contributed by atoms with Crippen LogP contribution in [0.25, 0.3) is 0 Å². The second kappa shape index (κ2) is 26.0. The summed E-state index contributed by atoms with van der Waals surface area (Å²) < 4.78 is 35.8. The van der Waals surface area contributed by atoms with Crippen molar-refractivity contribution in [2.24, 2.45) is 0 Å². The number of rotatable bonds is 26. The van der Waals surface area contributed by atoms with E-state index >= 15 is 0 Å². The lowest BCUT2D eigenvalue weighted by Crippen LogP contribution is -2.45. The summed E-state index contributed by atoms with van der Waals surface area (Å²) in [5.74, 6) is 0.236. The average molecular weight is 866 g/mol. The van der Waals surface area contributed by atoms with Gasteiger partial charge in [0.1, 0.15) is 0 Å². The Bertz CT molecular complexity index is 1780. The fraction of sp³-hybridized carbons (Fsp3) is 0.458. The summed E-state index contributed by atoms with van der Waals surface area (Å²) >= 11 is 12.4. The van der Waals surface area contributed by atoms with E-state index in [1.165, 1.54) is 0 Å². The van der Waals surface area contributed by atoms with Gasteiger partial charge in [0.15, 0.2) is 35.5 Å². The van der Waals surface area contributed by atoms with E-state index in [0.29, 0.717) is 98.1 Å². The molecule has 10 nitrogen and oxygen atoms in total. The van der Waals surface area contributed by atoms with Gasteiger partial charge in [-0.3, -0.25) is 9.80 Å². The smallest absolute Gasteiger partial charge is 0.419 e. The van der Waals surface area contributed by atoms with Gasteiger partial charge >= 0.3 is 11.9 Å².